The molecule has 0 saturated heterocycles. The Balaban J connectivity index is -0.0000000300. The molecule has 10 heavy (non-hydrogen) atoms. The largest absolute Gasteiger partial charge is 0.761 e. The van der Waals surface area contributed by atoms with E-state index in [0.717, 1.165) is 0 Å². The summed E-state index contributed by atoms with van der Waals surface area (Å²) in [5, 5.41) is 0. The van der Waals surface area contributed by atoms with Crippen LogP contribution in [0.25, 0.3) is 0 Å². The second-order valence-corrected chi connectivity index (χ2v) is 1.70. The Morgan fingerprint density at radius 1 is 0.800 bits per heavy atom. The van der Waals surface area contributed by atoms with Crippen molar-refractivity contribution in [3.8, 4) is 0 Å². The van der Waals surface area contributed by atoms with Crippen LogP contribution in [-0.2, 0) is 34.8 Å². The van der Waals surface area contributed by atoms with Crippen LogP contribution in [0.4, 0.5) is 0 Å². The van der Waals surface area contributed by atoms with E-state index < -0.39 is 18.3 Å². The molecule has 0 aromatic carbocycles. The molecule has 0 amide bonds. The zero-order valence-electron chi connectivity index (χ0n) is 4.81. The average molecular weight is 352 g/mol. The summed E-state index contributed by atoms with van der Waals surface area (Å²) in [4.78, 5) is 28.6. The molecule has 0 aliphatic heterocycles. The number of hydrogen-bond acceptors (Lipinski definition) is 3. The molecule has 0 aliphatic rings. The van der Waals surface area contributed by atoms with Gasteiger partial charge >= 0.3 is 18.3 Å². The van der Waals surface area contributed by atoms with Gasteiger partial charge in [0.15, 0.2) is 0 Å². The van der Waals surface area contributed by atoms with Gasteiger partial charge < -0.3 is 25.3 Å². The van der Waals surface area contributed by atoms with Crippen molar-refractivity contribution in [1.29, 1.82) is 0 Å². The molecule has 0 aromatic heterocycles. The first-order valence-electron chi connectivity index (χ1n) is 1.30. The van der Waals surface area contributed by atoms with Crippen molar-refractivity contribution in [3.63, 3.8) is 0 Å². The predicted molar refractivity (Wildman–Crippen MR) is 26.8 cm³/mol. The maximum absolute atomic E-state index is 8.74. The third kappa shape index (κ3) is 98600. The molecular weight excluding hydrogens is 345 g/mol. The van der Waals surface area contributed by atoms with E-state index in [1.54, 1.807) is 0 Å². The zero-order valence-corrected chi connectivity index (χ0v) is 10.4. The first-order valence-corrected chi connectivity index (χ1v) is 3.91. The van der Waals surface area contributed by atoms with E-state index >= 15 is 0 Å². The smallest absolute Gasteiger partial charge is 0.511 e. The molecule has 7 nitrogen and oxygen atoms in total. The fourth-order valence-corrected chi connectivity index (χ4v) is 0. The van der Waals surface area contributed by atoms with Gasteiger partial charge in [-0.05, 0) is 0 Å². The molecule has 0 heterocycles. The Hall–Kier alpha value is 0.0639. The first kappa shape index (κ1) is 22.5. The van der Waals surface area contributed by atoms with Gasteiger partial charge in [-0.15, -0.1) is 0 Å². The average Bonchev–Trinajstić information content (AvgIpc) is 1.25. The van der Waals surface area contributed by atoms with Crippen molar-refractivity contribution in [3.05, 3.63) is 0 Å². The van der Waals surface area contributed by atoms with E-state index in [0.29, 0.717) is 0 Å². The molecule has 0 fully saturated rings. The standard InChI is InChI=1S/Hf.H3N.2H2O3Si/c;;2*1-4(2)3/h;1H3;2*1-2H. The minimum Gasteiger partial charge on any atom is -0.511 e. The molecule has 0 aliphatic carbocycles. The molecule has 0 unspecified atom stereocenters. The maximum Gasteiger partial charge on any atom is 0.761 e. The summed E-state index contributed by atoms with van der Waals surface area (Å²) in [6, 6.07) is 0. The molecule has 0 saturated carbocycles. The second-order valence-electron chi connectivity index (χ2n) is 0.565. The van der Waals surface area contributed by atoms with Crippen LogP contribution in [-0.4, -0.2) is 37.5 Å². The normalized spacial score (nSPS) is 4.80. The summed E-state index contributed by atoms with van der Waals surface area (Å²) in [6.45, 7) is 0. The Morgan fingerprint density at radius 2 is 0.800 bits per heavy atom. The maximum atomic E-state index is 8.74. The fraction of sp³-hybridized carbons (Fsp3) is 0. The van der Waals surface area contributed by atoms with Crippen molar-refractivity contribution in [1.82, 2.24) is 6.15 Å². The second kappa shape index (κ2) is 16.0. The van der Waals surface area contributed by atoms with Crippen molar-refractivity contribution in [2.75, 3.05) is 0 Å². The van der Waals surface area contributed by atoms with E-state index in [1.807, 2.05) is 0 Å². The van der Waals surface area contributed by atoms with Gasteiger partial charge in [0.2, 0.25) is 0 Å². The molecule has 7 N–H and O–H groups in total. The van der Waals surface area contributed by atoms with Crippen LogP contribution in [0.2, 0.25) is 0 Å². The summed E-state index contributed by atoms with van der Waals surface area (Å²) in [6.07, 6.45) is 0. The van der Waals surface area contributed by atoms with E-state index in [9.17, 15) is 0 Å². The predicted octanol–water partition coefficient (Wildman–Crippen LogP) is -3.07. The van der Waals surface area contributed by atoms with Gasteiger partial charge in [0.05, 0.1) is 0 Å². The summed E-state index contributed by atoms with van der Waals surface area (Å²) >= 11 is 0. The van der Waals surface area contributed by atoms with E-state index in [-0.39, 0.29) is 32.0 Å². The van der Waals surface area contributed by atoms with Gasteiger partial charge in [0.1, 0.15) is 0 Å². The molecule has 0 bridgehead atoms. The fourth-order valence-electron chi connectivity index (χ4n) is 0. The van der Waals surface area contributed by atoms with Crippen LogP contribution in [0.3, 0.4) is 0 Å². The van der Waals surface area contributed by atoms with Gasteiger partial charge in [-0.2, -0.15) is 0 Å². The third-order valence-electron chi connectivity index (χ3n) is 0. The third-order valence-corrected chi connectivity index (χ3v) is 0. The molecule has 0 rings (SSSR count). The van der Waals surface area contributed by atoms with Gasteiger partial charge in [-0.25, -0.2) is 0 Å². The van der Waals surface area contributed by atoms with Crippen LogP contribution in [0.5, 0.6) is 0 Å². The molecule has 0 atom stereocenters. The number of hydrogen-bond donors (Lipinski definition) is 5. The Labute approximate surface area is 78.5 Å². The minimum absolute atomic E-state index is 0. The molecule has 0 spiro atoms. The van der Waals surface area contributed by atoms with E-state index in [4.69, 9.17) is 28.1 Å². The minimum atomic E-state index is -3.13. The van der Waals surface area contributed by atoms with Crippen LogP contribution in [0.1, 0.15) is 0 Å². The van der Waals surface area contributed by atoms with Crippen molar-refractivity contribution in [2.45, 2.75) is 0 Å². The first-order chi connectivity index (χ1) is 3.46. The van der Waals surface area contributed by atoms with Crippen molar-refractivity contribution < 1.29 is 53.9 Å². The van der Waals surface area contributed by atoms with Crippen LogP contribution in [0.15, 0.2) is 0 Å². The monoisotopic (exact) mass is 353 g/mol. The quantitative estimate of drug-likeness (QED) is 0.291. The Morgan fingerprint density at radius 3 is 0.800 bits per heavy atom. The Bertz CT molecular complexity index is 73.7. The summed E-state index contributed by atoms with van der Waals surface area (Å²) in [5.41, 5.74) is 0. The van der Waals surface area contributed by atoms with Crippen LogP contribution >= 0.6 is 0 Å². The SMILES string of the molecule is N.O=[Si](O)O.O=[Si](O)O.[Hf]. The summed E-state index contributed by atoms with van der Waals surface area (Å²) < 4.78 is 17.5. The van der Waals surface area contributed by atoms with Gasteiger partial charge in [0, 0.05) is 25.8 Å². The molecule has 10 heteroatoms. The Kier molecular flexibility index (Phi) is 36.0. The molecule has 0 aromatic rings. The zero-order chi connectivity index (χ0) is 7.15. The van der Waals surface area contributed by atoms with Gasteiger partial charge in [0.25, 0.3) is 0 Å². The van der Waals surface area contributed by atoms with Crippen LogP contribution < -0.4 is 6.15 Å². The van der Waals surface area contributed by atoms with Gasteiger partial charge in [-0.1, -0.05) is 0 Å². The van der Waals surface area contributed by atoms with E-state index in [1.165, 1.54) is 0 Å². The summed E-state index contributed by atoms with van der Waals surface area (Å²) in [5.74, 6) is 0. The molecule has 60 valence electrons. The molecular formula is H7HfNO6Si2. The van der Waals surface area contributed by atoms with Crippen molar-refractivity contribution in [2.24, 2.45) is 0 Å². The molecule has 0 radical (unpaired) electrons. The van der Waals surface area contributed by atoms with Crippen molar-refractivity contribution >= 4 is 18.3 Å². The number of rotatable bonds is 0. The van der Waals surface area contributed by atoms with Gasteiger partial charge in [-0.3, -0.25) is 8.92 Å². The topological polar surface area (TPSA) is 150 Å². The summed E-state index contributed by atoms with van der Waals surface area (Å²) in [7, 11) is -6.26. The van der Waals surface area contributed by atoms with Crippen LogP contribution in [0, 0.1) is 0 Å². The van der Waals surface area contributed by atoms with E-state index in [2.05, 4.69) is 0 Å².